The number of hydrogen-bond donors (Lipinski definition) is 1. The fraction of sp³-hybridized carbons (Fsp3) is 0.0625. The zero-order valence-electron chi connectivity index (χ0n) is 11.6. The van der Waals surface area contributed by atoms with Crippen molar-refractivity contribution in [1.29, 1.82) is 0 Å². The number of nitrogens with zero attached hydrogens (tertiary/aromatic N) is 1. The van der Waals surface area contributed by atoms with Crippen molar-refractivity contribution in [3.05, 3.63) is 64.1 Å². The van der Waals surface area contributed by atoms with Crippen molar-refractivity contribution in [2.75, 3.05) is 0 Å². The Morgan fingerprint density at radius 3 is 2.82 bits per heavy atom. The summed E-state index contributed by atoms with van der Waals surface area (Å²) >= 11 is 0. The number of rotatable bonds is 3. The number of aromatic carboxylic acids is 1. The second-order valence-electron chi connectivity index (χ2n) is 4.70. The van der Waals surface area contributed by atoms with Gasteiger partial charge in [-0.1, -0.05) is 0 Å². The molecule has 22 heavy (non-hydrogen) atoms. The highest BCUT2D eigenvalue weighted by Crippen LogP contribution is 2.25. The van der Waals surface area contributed by atoms with E-state index in [9.17, 15) is 9.59 Å². The number of benzene rings is 1. The largest absolute Gasteiger partial charge is 0.478 e. The van der Waals surface area contributed by atoms with E-state index in [0.717, 1.165) is 10.9 Å². The number of pyridine rings is 1. The number of hydrogen-bond acceptors (Lipinski definition) is 5. The number of carbonyl (C=O) groups is 1. The summed E-state index contributed by atoms with van der Waals surface area (Å²) in [6, 6.07) is 9.14. The lowest BCUT2D eigenvalue weighted by Gasteiger charge is -2.06. The van der Waals surface area contributed by atoms with Crippen molar-refractivity contribution in [3.63, 3.8) is 0 Å². The summed E-state index contributed by atoms with van der Waals surface area (Å²) in [5.41, 5.74) is 0.849. The monoisotopic (exact) mass is 297 g/mol. The number of aryl methyl sites for hydroxylation is 1. The Labute approximate surface area is 124 Å². The molecule has 0 bridgehead atoms. The highest BCUT2D eigenvalue weighted by molar-refractivity contribution is 5.87. The predicted octanol–water partition coefficient (Wildman–Crippen LogP) is 2.99. The lowest BCUT2D eigenvalue weighted by molar-refractivity contribution is 0.0696. The smallest absolute Gasteiger partial charge is 0.336 e. The normalized spacial score (nSPS) is 10.6. The molecule has 0 aliphatic rings. The van der Waals surface area contributed by atoms with Crippen LogP contribution in [0.4, 0.5) is 0 Å². The molecule has 2 heterocycles. The Morgan fingerprint density at radius 1 is 1.23 bits per heavy atom. The van der Waals surface area contributed by atoms with Crippen LogP contribution in [0, 0.1) is 6.92 Å². The highest BCUT2D eigenvalue weighted by atomic mass is 16.5. The molecular weight excluding hydrogens is 286 g/mol. The second-order valence-corrected chi connectivity index (χ2v) is 4.70. The molecular formula is C16H11NO5. The summed E-state index contributed by atoms with van der Waals surface area (Å²) in [6.07, 6.45) is 1.35. The van der Waals surface area contributed by atoms with E-state index in [1.165, 1.54) is 24.4 Å². The van der Waals surface area contributed by atoms with Gasteiger partial charge in [-0.2, -0.15) is 0 Å². The van der Waals surface area contributed by atoms with Gasteiger partial charge in [0.05, 0.1) is 5.56 Å². The molecule has 6 heteroatoms. The maximum Gasteiger partial charge on any atom is 0.336 e. The van der Waals surface area contributed by atoms with Gasteiger partial charge < -0.3 is 14.3 Å². The topological polar surface area (TPSA) is 89.6 Å². The average molecular weight is 297 g/mol. The van der Waals surface area contributed by atoms with Crippen LogP contribution >= 0.6 is 0 Å². The summed E-state index contributed by atoms with van der Waals surface area (Å²) in [5.74, 6) is -0.516. The van der Waals surface area contributed by atoms with Gasteiger partial charge in [-0.25, -0.2) is 14.6 Å². The third kappa shape index (κ3) is 2.67. The maximum atomic E-state index is 11.4. The molecule has 0 atom stereocenters. The average Bonchev–Trinajstić information content (AvgIpc) is 2.47. The third-order valence-electron chi connectivity index (χ3n) is 3.13. The van der Waals surface area contributed by atoms with Crippen molar-refractivity contribution >= 4 is 16.9 Å². The molecule has 0 aliphatic carbocycles. The second kappa shape index (κ2) is 5.33. The van der Waals surface area contributed by atoms with Crippen LogP contribution in [-0.4, -0.2) is 16.1 Å². The first-order chi connectivity index (χ1) is 10.5. The summed E-state index contributed by atoms with van der Waals surface area (Å²) in [6.45, 7) is 1.82. The fourth-order valence-corrected chi connectivity index (χ4v) is 2.09. The van der Waals surface area contributed by atoms with Crippen LogP contribution in [-0.2, 0) is 0 Å². The molecule has 0 amide bonds. The Morgan fingerprint density at radius 2 is 2.05 bits per heavy atom. The van der Waals surface area contributed by atoms with E-state index in [1.54, 1.807) is 18.2 Å². The SMILES string of the molecule is Cc1cc(=O)oc2cc(Oc3cc(C(=O)O)ccn3)ccc12. The summed E-state index contributed by atoms with van der Waals surface area (Å²) in [7, 11) is 0. The van der Waals surface area contributed by atoms with Crippen LogP contribution in [0.15, 0.2) is 51.8 Å². The number of aromatic nitrogens is 1. The van der Waals surface area contributed by atoms with Crippen molar-refractivity contribution < 1.29 is 19.1 Å². The molecule has 2 aromatic heterocycles. The van der Waals surface area contributed by atoms with Gasteiger partial charge in [0.1, 0.15) is 11.3 Å². The number of carboxylic acid groups (broad SMARTS) is 1. The molecule has 6 nitrogen and oxygen atoms in total. The lowest BCUT2D eigenvalue weighted by Crippen LogP contribution is -1.99. The minimum absolute atomic E-state index is 0.0770. The Balaban J connectivity index is 1.99. The molecule has 3 aromatic rings. The highest BCUT2D eigenvalue weighted by Gasteiger charge is 2.08. The molecule has 1 N–H and O–H groups in total. The van der Waals surface area contributed by atoms with Crippen LogP contribution in [0.3, 0.4) is 0 Å². The Bertz CT molecular complexity index is 929. The van der Waals surface area contributed by atoms with Gasteiger partial charge in [-0.3, -0.25) is 0 Å². The van der Waals surface area contributed by atoms with E-state index < -0.39 is 11.6 Å². The van der Waals surface area contributed by atoms with Crippen LogP contribution in [0.2, 0.25) is 0 Å². The first kappa shape index (κ1) is 13.8. The van der Waals surface area contributed by atoms with Crippen LogP contribution in [0.25, 0.3) is 11.0 Å². The number of carboxylic acids is 1. The van der Waals surface area contributed by atoms with Crippen molar-refractivity contribution in [2.24, 2.45) is 0 Å². The first-order valence-electron chi connectivity index (χ1n) is 6.44. The predicted molar refractivity (Wildman–Crippen MR) is 78.5 cm³/mol. The van der Waals surface area contributed by atoms with Gasteiger partial charge in [0.15, 0.2) is 0 Å². The summed E-state index contributed by atoms with van der Waals surface area (Å²) < 4.78 is 10.7. The van der Waals surface area contributed by atoms with Gasteiger partial charge in [-0.15, -0.1) is 0 Å². The molecule has 0 unspecified atom stereocenters. The number of fused-ring (bicyclic) bond motifs is 1. The molecule has 0 aliphatic heterocycles. The molecule has 0 radical (unpaired) electrons. The van der Waals surface area contributed by atoms with Crippen molar-refractivity contribution in [2.45, 2.75) is 6.92 Å². The Kier molecular flexibility index (Phi) is 3.34. The minimum Gasteiger partial charge on any atom is -0.478 e. The van der Waals surface area contributed by atoms with Crippen LogP contribution in [0.1, 0.15) is 15.9 Å². The van der Waals surface area contributed by atoms with Crippen LogP contribution < -0.4 is 10.4 Å². The van der Waals surface area contributed by atoms with Gasteiger partial charge in [0.25, 0.3) is 0 Å². The van der Waals surface area contributed by atoms with Gasteiger partial charge in [-0.05, 0) is 30.7 Å². The third-order valence-corrected chi connectivity index (χ3v) is 3.13. The minimum atomic E-state index is -1.06. The van der Waals surface area contributed by atoms with E-state index in [-0.39, 0.29) is 11.4 Å². The van der Waals surface area contributed by atoms with Gasteiger partial charge in [0, 0.05) is 29.8 Å². The first-order valence-corrected chi connectivity index (χ1v) is 6.44. The zero-order valence-corrected chi connectivity index (χ0v) is 11.6. The summed E-state index contributed by atoms with van der Waals surface area (Å²) in [4.78, 5) is 26.3. The fourth-order valence-electron chi connectivity index (χ4n) is 2.09. The van der Waals surface area contributed by atoms with E-state index in [2.05, 4.69) is 4.98 Å². The summed E-state index contributed by atoms with van der Waals surface area (Å²) in [5, 5.41) is 9.75. The van der Waals surface area contributed by atoms with Crippen molar-refractivity contribution in [3.8, 4) is 11.6 Å². The Hall–Kier alpha value is -3.15. The number of ether oxygens (including phenoxy) is 1. The molecule has 0 saturated carbocycles. The van der Waals surface area contributed by atoms with E-state index in [0.29, 0.717) is 11.3 Å². The quantitative estimate of drug-likeness (QED) is 0.747. The van der Waals surface area contributed by atoms with E-state index in [4.69, 9.17) is 14.3 Å². The van der Waals surface area contributed by atoms with Gasteiger partial charge in [0.2, 0.25) is 5.88 Å². The molecule has 1 aromatic carbocycles. The van der Waals surface area contributed by atoms with E-state index in [1.807, 2.05) is 6.92 Å². The zero-order chi connectivity index (χ0) is 15.7. The maximum absolute atomic E-state index is 11.4. The van der Waals surface area contributed by atoms with Crippen molar-refractivity contribution in [1.82, 2.24) is 4.98 Å². The standard InChI is InChI=1S/C16H11NO5/c1-9-6-15(18)22-13-8-11(2-3-12(9)13)21-14-7-10(16(19)20)4-5-17-14/h2-8H,1H3,(H,19,20). The molecule has 0 fully saturated rings. The molecule has 0 saturated heterocycles. The molecule has 0 spiro atoms. The van der Waals surface area contributed by atoms with E-state index >= 15 is 0 Å². The molecule has 110 valence electrons. The van der Waals surface area contributed by atoms with Gasteiger partial charge >= 0.3 is 11.6 Å². The lowest BCUT2D eigenvalue weighted by atomic mass is 10.1. The van der Waals surface area contributed by atoms with Crippen LogP contribution in [0.5, 0.6) is 11.6 Å². The molecule has 3 rings (SSSR count).